The van der Waals surface area contributed by atoms with Gasteiger partial charge in [-0.1, -0.05) is 15.9 Å². The number of aromatic nitrogens is 2. The molecular weight excluding hydrogens is 372 g/mol. The molecule has 0 unspecified atom stereocenters. The number of sulfone groups is 1. The van der Waals surface area contributed by atoms with Crippen molar-refractivity contribution in [3.05, 3.63) is 33.9 Å². The Bertz CT molecular complexity index is 886. The van der Waals surface area contributed by atoms with E-state index in [4.69, 9.17) is 4.74 Å². The summed E-state index contributed by atoms with van der Waals surface area (Å²) in [7, 11) is -1.83. The number of ether oxygens (including phenoxy) is 1. The zero-order valence-electron chi connectivity index (χ0n) is 12.0. The quantitative estimate of drug-likeness (QED) is 0.742. The number of nitrogens with zero attached hydrogens (tertiary/aromatic N) is 2. The Labute approximate surface area is 136 Å². The monoisotopic (exact) mass is 384 g/mol. The summed E-state index contributed by atoms with van der Waals surface area (Å²) in [5.41, 5.74) is 1.63. The summed E-state index contributed by atoms with van der Waals surface area (Å²) in [5.74, 6) is -0.855. The van der Waals surface area contributed by atoms with Gasteiger partial charge in [0.2, 0.25) is 0 Å². The molecule has 116 valence electrons. The van der Waals surface area contributed by atoms with Crippen LogP contribution in [0.25, 0.3) is 11.3 Å². The predicted molar refractivity (Wildman–Crippen MR) is 83.2 cm³/mol. The number of esters is 1. The number of hydrogen-bond donors (Lipinski definition) is 0. The maximum Gasteiger partial charge on any atom is 0.359 e. The number of aryl methyl sites for hydroxylation is 1. The lowest BCUT2D eigenvalue weighted by Gasteiger charge is -2.18. The Morgan fingerprint density at radius 2 is 2.18 bits per heavy atom. The average Bonchev–Trinajstić information content (AvgIpc) is 2.75. The molecule has 0 atom stereocenters. The molecule has 0 spiro atoms. The number of benzene rings is 1. The smallest absolute Gasteiger partial charge is 0.359 e. The zero-order valence-corrected chi connectivity index (χ0v) is 14.4. The fraction of sp³-hybridized carbons (Fsp3) is 0.286. The predicted octanol–water partition coefficient (Wildman–Crippen LogP) is 2.31. The van der Waals surface area contributed by atoms with E-state index in [0.29, 0.717) is 16.8 Å². The lowest BCUT2D eigenvalue weighted by Crippen LogP contribution is -2.16. The molecule has 1 aliphatic heterocycles. The molecule has 0 saturated carbocycles. The minimum absolute atomic E-state index is 0.0635. The summed E-state index contributed by atoms with van der Waals surface area (Å²) >= 11 is 3.35. The van der Waals surface area contributed by atoms with Crippen LogP contribution in [0.5, 0.6) is 0 Å². The van der Waals surface area contributed by atoms with Crippen molar-refractivity contribution in [3.63, 3.8) is 0 Å². The van der Waals surface area contributed by atoms with E-state index >= 15 is 0 Å². The summed E-state index contributed by atoms with van der Waals surface area (Å²) in [4.78, 5) is 12.3. The standard InChI is InChI=1S/C14H13BrN2O4S/c1-3-21-14(18)12-10-7-22(19,20)11-5-4-8(15)6-9(11)13(10)17(2)16-12/h4-6H,3,7H2,1-2H3. The largest absolute Gasteiger partial charge is 0.461 e. The molecule has 0 saturated heterocycles. The third-order valence-corrected chi connectivity index (χ3v) is 5.67. The molecule has 1 aromatic carbocycles. The van der Waals surface area contributed by atoms with Crippen molar-refractivity contribution in [2.24, 2.45) is 7.05 Å². The molecule has 22 heavy (non-hydrogen) atoms. The van der Waals surface area contributed by atoms with E-state index in [1.807, 2.05) is 0 Å². The first-order chi connectivity index (χ1) is 10.3. The molecule has 0 N–H and O–H groups in total. The van der Waals surface area contributed by atoms with Crippen molar-refractivity contribution in [2.75, 3.05) is 6.61 Å². The second kappa shape index (κ2) is 5.20. The Morgan fingerprint density at radius 1 is 1.45 bits per heavy atom. The van der Waals surface area contributed by atoms with Crippen molar-refractivity contribution >= 4 is 31.7 Å². The SMILES string of the molecule is CCOC(=O)c1nn(C)c2c1CS(=O)(=O)c1ccc(Br)cc1-2. The van der Waals surface area contributed by atoms with Crippen LogP contribution in [0, 0.1) is 0 Å². The van der Waals surface area contributed by atoms with Crippen molar-refractivity contribution < 1.29 is 17.9 Å². The molecule has 1 aromatic heterocycles. The number of halogens is 1. The summed E-state index contributed by atoms with van der Waals surface area (Å²) in [6, 6.07) is 4.97. The van der Waals surface area contributed by atoms with E-state index in [1.165, 1.54) is 4.68 Å². The molecular formula is C14H13BrN2O4S. The van der Waals surface area contributed by atoms with E-state index in [-0.39, 0.29) is 22.9 Å². The summed E-state index contributed by atoms with van der Waals surface area (Å²) < 4.78 is 32.2. The van der Waals surface area contributed by atoms with Crippen LogP contribution in [0.1, 0.15) is 23.0 Å². The van der Waals surface area contributed by atoms with Gasteiger partial charge in [0.05, 0.1) is 22.9 Å². The highest BCUT2D eigenvalue weighted by atomic mass is 79.9. The molecule has 2 heterocycles. The highest BCUT2D eigenvalue weighted by Crippen LogP contribution is 2.40. The van der Waals surface area contributed by atoms with Gasteiger partial charge in [-0.2, -0.15) is 5.10 Å². The normalized spacial score (nSPS) is 15.0. The number of hydrogen-bond acceptors (Lipinski definition) is 5. The summed E-state index contributed by atoms with van der Waals surface area (Å²) in [6.45, 7) is 1.90. The molecule has 0 fully saturated rings. The molecule has 6 nitrogen and oxygen atoms in total. The second-order valence-corrected chi connectivity index (χ2v) is 7.79. The fourth-order valence-electron chi connectivity index (χ4n) is 2.63. The van der Waals surface area contributed by atoms with Crippen LogP contribution < -0.4 is 0 Å². The first kappa shape index (κ1) is 15.2. The van der Waals surface area contributed by atoms with Crippen molar-refractivity contribution in [3.8, 4) is 11.3 Å². The van der Waals surface area contributed by atoms with Crippen molar-refractivity contribution in [1.29, 1.82) is 0 Å². The highest BCUT2D eigenvalue weighted by Gasteiger charge is 2.35. The van der Waals surface area contributed by atoms with Crippen LogP contribution in [0.2, 0.25) is 0 Å². The van der Waals surface area contributed by atoms with Gasteiger partial charge in [0.1, 0.15) is 0 Å². The third-order valence-electron chi connectivity index (χ3n) is 3.48. The number of carbonyl (C=O) groups is 1. The van der Waals surface area contributed by atoms with Crippen molar-refractivity contribution in [1.82, 2.24) is 9.78 Å². The van der Waals surface area contributed by atoms with E-state index in [1.54, 1.807) is 32.2 Å². The number of fused-ring (bicyclic) bond motifs is 3. The van der Waals surface area contributed by atoms with E-state index < -0.39 is 15.8 Å². The molecule has 1 aliphatic rings. The Balaban J connectivity index is 2.31. The van der Waals surface area contributed by atoms with Gasteiger partial charge in [-0.15, -0.1) is 0 Å². The maximum atomic E-state index is 12.5. The second-order valence-electron chi connectivity index (χ2n) is 4.92. The molecule has 0 aliphatic carbocycles. The van der Waals surface area contributed by atoms with Crippen LogP contribution in [0.3, 0.4) is 0 Å². The van der Waals surface area contributed by atoms with Gasteiger partial charge < -0.3 is 4.74 Å². The van der Waals surface area contributed by atoms with Gasteiger partial charge in [-0.05, 0) is 25.1 Å². The number of carbonyl (C=O) groups excluding carboxylic acids is 1. The van der Waals surface area contributed by atoms with Gasteiger partial charge >= 0.3 is 5.97 Å². The van der Waals surface area contributed by atoms with Gasteiger partial charge in [0.25, 0.3) is 0 Å². The molecule has 3 rings (SSSR count). The van der Waals surface area contributed by atoms with Crippen LogP contribution in [-0.2, 0) is 27.4 Å². The van der Waals surface area contributed by atoms with Gasteiger partial charge in [0.15, 0.2) is 15.5 Å². The average molecular weight is 385 g/mol. The molecule has 8 heteroatoms. The third kappa shape index (κ3) is 2.26. The molecule has 0 bridgehead atoms. The lowest BCUT2D eigenvalue weighted by molar-refractivity contribution is 0.0517. The molecule has 0 radical (unpaired) electrons. The first-order valence-corrected chi connectivity index (χ1v) is 9.05. The topological polar surface area (TPSA) is 78.3 Å². The van der Waals surface area contributed by atoms with Crippen LogP contribution in [0.4, 0.5) is 0 Å². The molecule has 2 aromatic rings. The van der Waals surface area contributed by atoms with Crippen LogP contribution in [0.15, 0.2) is 27.6 Å². The summed E-state index contributed by atoms with van der Waals surface area (Å²) in [5, 5.41) is 4.17. The van der Waals surface area contributed by atoms with Crippen LogP contribution in [-0.4, -0.2) is 30.8 Å². The minimum atomic E-state index is -3.51. The van der Waals surface area contributed by atoms with E-state index in [0.717, 1.165) is 4.47 Å². The summed E-state index contributed by atoms with van der Waals surface area (Å²) in [6.07, 6.45) is 0. The van der Waals surface area contributed by atoms with E-state index in [2.05, 4.69) is 21.0 Å². The van der Waals surface area contributed by atoms with Gasteiger partial charge in [-0.25, -0.2) is 13.2 Å². The van der Waals surface area contributed by atoms with E-state index in [9.17, 15) is 13.2 Å². The van der Waals surface area contributed by atoms with Gasteiger partial charge in [0, 0.05) is 22.6 Å². The van der Waals surface area contributed by atoms with Gasteiger partial charge in [-0.3, -0.25) is 4.68 Å². The molecule has 0 amide bonds. The highest BCUT2D eigenvalue weighted by molar-refractivity contribution is 9.10. The first-order valence-electron chi connectivity index (χ1n) is 6.61. The number of rotatable bonds is 2. The van der Waals surface area contributed by atoms with Crippen molar-refractivity contribution in [2.45, 2.75) is 17.6 Å². The minimum Gasteiger partial charge on any atom is -0.461 e. The van der Waals surface area contributed by atoms with Crippen LogP contribution >= 0.6 is 15.9 Å². The lowest BCUT2D eigenvalue weighted by atomic mass is 10.1. The Hall–Kier alpha value is -1.67. The Morgan fingerprint density at radius 3 is 2.86 bits per heavy atom. The maximum absolute atomic E-state index is 12.5. The zero-order chi connectivity index (χ0) is 16.1. The Kier molecular flexibility index (Phi) is 3.60. The fourth-order valence-corrected chi connectivity index (χ4v) is 4.57.